The molecule has 33 heavy (non-hydrogen) atoms. The van der Waals surface area contributed by atoms with Crippen molar-refractivity contribution in [3.05, 3.63) is 54.7 Å². The molecule has 0 spiro atoms. The van der Waals surface area contributed by atoms with Crippen LogP contribution in [-0.4, -0.2) is 71.7 Å². The number of halogens is 1. The van der Waals surface area contributed by atoms with Crippen molar-refractivity contribution in [2.75, 3.05) is 56.9 Å². The third-order valence-electron chi connectivity index (χ3n) is 4.78. The molecule has 2 aromatic heterocycles. The topological polar surface area (TPSA) is 100 Å². The van der Waals surface area contributed by atoms with Crippen LogP contribution in [0.3, 0.4) is 0 Å². The fraction of sp³-hybridized carbons (Fsp3) is 0.273. The minimum absolute atomic E-state index is 0.302. The van der Waals surface area contributed by atoms with E-state index in [4.69, 9.17) is 16.3 Å². The van der Waals surface area contributed by atoms with E-state index in [1.165, 1.54) is 12.3 Å². The van der Waals surface area contributed by atoms with E-state index in [0.29, 0.717) is 33.9 Å². The summed E-state index contributed by atoms with van der Waals surface area (Å²) >= 11 is 6.26. The second-order valence-corrected chi connectivity index (χ2v) is 7.86. The molecule has 11 heteroatoms. The molecule has 3 rings (SSSR count). The molecule has 1 aromatic carbocycles. The number of benzene rings is 1. The second-order valence-electron chi connectivity index (χ2n) is 7.45. The van der Waals surface area contributed by atoms with Crippen LogP contribution in [0.2, 0.25) is 5.02 Å². The number of aromatic nitrogens is 4. The molecule has 0 aliphatic rings. The van der Waals surface area contributed by atoms with Gasteiger partial charge in [-0.2, -0.15) is 4.98 Å². The third-order valence-corrected chi connectivity index (χ3v) is 5.04. The molecule has 0 radical (unpaired) electrons. The highest BCUT2D eigenvalue weighted by molar-refractivity contribution is 6.32. The van der Waals surface area contributed by atoms with Gasteiger partial charge >= 0.3 is 0 Å². The Hall–Kier alpha value is -3.63. The van der Waals surface area contributed by atoms with Gasteiger partial charge in [0.05, 0.1) is 30.4 Å². The molecule has 2 heterocycles. The summed E-state index contributed by atoms with van der Waals surface area (Å²) < 4.78 is 7.30. The molecule has 10 nitrogen and oxygen atoms in total. The predicted molar refractivity (Wildman–Crippen MR) is 131 cm³/mol. The Labute approximate surface area is 197 Å². The Morgan fingerprint density at radius 1 is 1.27 bits per heavy atom. The summed E-state index contributed by atoms with van der Waals surface area (Å²) in [6.45, 7) is 5.13. The number of nitrogens with one attached hydrogen (secondary N) is 2. The number of imidazole rings is 1. The number of methoxy groups -OCH3 is 1. The molecule has 3 aromatic rings. The number of amides is 1. The van der Waals surface area contributed by atoms with E-state index in [2.05, 4.69) is 37.1 Å². The molecule has 2 N–H and O–H groups in total. The van der Waals surface area contributed by atoms with E-state index >= 15 is 0 Å². The standard InChI is InChI=1S/C22H27ClN8O2/c1-6-20(32)26-16-11-17(19(33-5)12-18(16)30(4)10-9-29(2)3)27-22-25-13-15(23)21(28-22)31-8-7-24-14-31/h6-8,11-14H,1,9-10H2,2-5H3,(H,26,32)(H,25,27,28). The highest BCUT2D eigenvalue weighted by atomic mass is 35.5. The summed E-state index contributed by atoms with van der Waals surface area (Å²) in [6.07, 6.45) is 7.69. The maximum Gasteiger partial charge on any atom is 0.247 e. The van der Waals surface area contributed by atoms with Crippen LogP contribution in [0.15, 0.2) is 49.7 Å². The summed E-state index contributed by atoms with van der Waals surface area (Å²) in [7, 11) is 7.54. The zero-order valence-electron chi connectivity index (χ0n) is 19.0. The van der Waals surface area contributed by atoms with Gasteiger partial charge in [-0.15, -0.1) is 0 Å². The quantitative estimate of drug-likeness (QED) is 0.436. The lowest BCUT2D eigenvalue weighted by molar-refractivity contribution is -0.111. The van der Waals surface area contributed by atoms with Gasteiger partial charge in [0.1, 0.15) is 17.1 Å². The van der Waals surface area contributed by atoms with Crippen LogP contribution in [0.1, 0.15) is 0 Å². The molecule has 0 atom stereocenters. The molecule has 0 saturated heterocycles. The minimum atomic E-state index is -0.321. The van der Waals surface area contributed by atoms with E-state index in [1.54, 1.807) is 36.5 Å². The van der Waals surface area contributed by atoms with Crippen molar-refractivity contribution in [1.29, 1.82) is 0 Å². The number of hydrogen-bond donors (Lipinski definition) is 2. The Morgan fingerprint density at radius 3 is 2.70 bits per heavy atom. The first-order valence-electron chi connectivity index (χ1n) is 10.1. The molecular weight excluding hydrogens is 444 g/mol. The fourth-order valence-electron chi connectivity index (χ4n) is 3.01. The molecule has 0 saturated carbocycles. The Kier molecular flexibility index (Phi) is 7.86. The minimum Gasteiger partial charge on any atom is -0.494 e. The average Bonchev–Trinajstić information content (AvgIpc) is 3.33. The van der Waals surface area contributed by atoms with Crippen LogP contribution in [-0.2, 0) is 4.79 Å². The molecule has 0 aliphatic heterocycles. The van der Waals surface area contributed by atoms with Crippen LogP contribution in [0, 0.1) is 0 Å². The summed E-state index contributed by atoms with van der Waals surface area (Å²) in [6, 6.07) is 3.62. The van der Waals surface area contributed by atoms with Crippen LogP contribution >= 0.6 is 11.6 Å². The van der Waals surface area contributed by atoms with Crippen molar-refractivity contribution in [1.82, 2.24) is 24.4 Å². The van der Waals surface area contributed by atoms with Crippen molar-refractivity contribution in [3.8, 4) is 11.6 Å². The van der Waals surface area contributed by atoms with Gasteiger partial charge in [-0.1, -0.05) is 18.2 Å². The summed E-state index contributed by atoms with van der Waals surface area (Å²) in [4.78, 5) is 29.0. The third kappa shape index (κ3) is 5.99. The van der Waals surface area contributed by atoms with Gasteiger partial charge in [0, 0.05) is 38.6 Å². The number of anilines is 4. The van der Waals surface area contributed by atoms with E-state index in [-0.39, 0.29) is 5.91 Å². The fourth-order valence-corrected chi connectivity index (χ4v) is 3.20. The van der Waals surface area contributed by atoms with Gasteiger partial charge in [0.15, 0.2) is 5.82 Å². The maximum absolute atomic E-state index is 12.1. The molecule has 0 unspecified atom stereocenters. The molecule has 0 bridgehead atoms. The summed E-state index contributed by atoms with van der Waals surface area (Å²) in [5.41, 5.74) is 1.96. The number of carbonyl (C=O) groups is 1. The molecule has 174 valence electrons. The average molecular weight is 471 g/mol. The smallest absolute Gasteiger partial charge is 0.247 e. The van der Waals surface area contributed by atoms with Gasteiger partial charge < -0.3 is 25.2 Å². The van der Waals surface area contributed by atoms with Crippen molar-refractivity contribution < 1.29 is 9.53 Å². The second kappa shape index (κ2) is 10.8. The lowest BCUT2D eigenvalue weighted by Crippen LogP contribution is -2.29. The van der Waals surface area contributed by atoms with E-state index in [0.717, 1.165) is 18.8 Å². The maximum atomic E-state index is 12.1. The van der Waals surface area contributed by atoms with Crippen LogP contribution in [0.5, 0.6) is 5.75 Å². The SMILES string of the molecule is C=CC(=O)Nc1cc(Nc2ncc(Cl)c(-n3ccnc3)n2)c(OC)cc1N(C)CCN(C)C. The molecular formula is C22H27ClN8O2. The van der Waals surface area contributed by atoms with Crippen LogP contribution in [0.4, 0.5) is 23.0 Å². The van der Waals surface area contributed by atoms with E-state index in [9.17, 15) is 4.79 Å². The normalized spacial score (nSPS) is 10.7. The Balaban J connectivity index is 1.99. The van der Waals surface area contributed by atoms with Crippen molar-refractivity contribution in [2.45, 2.75) is 0 Å². The van der Waals surface area contributed by atoms with Crippen LogP contribution in [0.25, 0.3) is 5.82 Å². The number of carbonyl (C=O) groups excluding carboxylic acids is 1. The van der Waals surface area contributed by atoms with Gasteiger partial charge in [0.2, 0.25) is 11.9 Å². The predicted octanol–water partition coefficient (Wildman–Crippen LogP) is 3.19. The lowest BCUT2D eigenvalue weighted by atomic mass is 10.2. The first kappa shape index (κ1) is 24.0. The van der Waals surface area contributed by atoms with Gasteiger partial charge in [-0.05, 0) is 26.2 Å². The first-order chi connectivity index (χ1) is 15.8. The number of rotatable bonds is 10. The first-order valence-corrected chi connectivity index (χ1v) is 10.5. The van der Waals surface area contributed by atoms with Gasteiger partial charge in [-0.3, -0.25) is 9.36 Å². The number of ether oxygens (including phenoxy) is 1. The summed E-state index contributed by atoms with van der Waals surface area (Å²) in [5, 5.41) is 6.40. The van der Waals surface area contributed by atoms with Crippen LogP contribution < -0.4 is 20.3 Å². The Morgan fingerprint density at radius 2 is 2.06 bits per heavy atom. The number of hydrogen-bond acceptors (Lipinski definition) is 8. The molecule has 1 amide bonds. The van der Waals surface area contributed by atoms with Crippen molar-refractivity contribution in [2.24, 2.45) is 0 Å². The summed E-state index contributed by atoms with van der Waals surface area (Å²) in [5.74, 6) is 1.02. The monoisotopic (exact) mass is 470 g/mol. The van der Waals surface area contributed by atoms with Crippen molar-refractivity contribution in [3.63, 3.8) is 0 Å². The van der Waals surface area contributed by atoms with Gasteiger partial charge in [0.25, 0.3) is 0 Å². The zero-order valence-corrected chi connectivity index (χ0v) is 19.8. The zero-order chi connectivity index (χ0) is 24.0. The van der Waals surface area contributed by atoms with Crippen molar-refractivity contribution >= 4 is 40.5 Å². The molecule has 0 aliphatic carbocycles. The number of likely N-dealkylation sites (N-methyl/N-ethyl adjacent to an activating group) is 2. The molecule has 0 fully saturated rings. The largest absolute Gasteiger partial charge is 0.494 e. The number of nitrogens with zero attached hydrogens (tertiary/aromatic N) is 6. The lowest BCUT2D eigenvalue weighted by Gasteiger charge is -2.26. The Bertz CT molecular complexity index is 1120. The highest BCUT2D eigenvalue weighted by Crippen LogP contribution is 2.38. The van der Waals surface area contributed by atoms with E-state index in [1.807, 2.05) is 32.1 Å². The highest BCUT2D eigenvalue weighted by Gasteiger charge is 2.17. The van der Waals surface area contributed by atoms with Gasteiger partial charge in [-0.25, -0.2) is 9.97 Å². The van der Waals surface area contributed by atoms with E-state index < -0.39 is 0 Å².